The SMILES string of the molecule is CCNCC1(c2cccs2)CCCC1. The molecule has 0 spiro atoms. The van der Waals surface area contributed by atoms with Gasteiger partial charge in [0.05, 0.1) is 0 Å². The second-order valence-electron chi connectivity index (χ2n) is 4.25. The van der Waals surface area contributed by atoms with E-state index in [4.69, 9.17) is 0 Å². The summed E-state index contributed by atoms with van der Waals surface area (Å²) < 4.78 is 0. The molecule has 0 aliphatic heterocycles. The first-order valence-electron chi connectivity index (χ1n) is 5.62. The van der Waals surface area contributed by atoms with Crippen LogP contribution in [0.1, 0.15) is 37.5 Å². The van der Waals surface area contributed by atoms with Crippen molar-refractivity contribution in [1.82, 2.24) is 5.32 Å². The molecule has 1 heterocycles. The second-order valence-corrected chi connectivity index (χ2v) is 5.19. The van der Waals surface area contributed by atoms with E-state index >= 15 is 0 Å². The van der Waals surface area contributed by atoms with Gasteiger partial charge in [0.2, 0.25) is 0 Å². The lowest BCUT2D eigenvalue weighted by molar-refractivity contribution is 0.418. The van der Waals surface area contributed by atoms with Crippen molar-refractivity contribution >= 4 is 11.3 Å². The van der Waals surface area contributed by atoms with E-state index in [1.54, 1.807) is 4.88 Å². The van der Waals surface area contributed by atoms with E-state index in [-0.39, 0.29) is 0 Å². The van der Waals surface area contributed by atoms with Gasteiger partial charge in [0.1, 0.15) is 0 Å². The van der Waals surface area contributed by atoms with Crippen molar-refractivity contribution in [3.8, 4) is 0 Å². The molecular weight excluding hydrogens is 190 g/mol. The summed E-state index contributed by atoms with van der Waals surface area (Å²) in [7, 11) is 0. The van der Waals surface area contributed by atoms with Crippen LogP contribution in [0.2, 0.25) is 0 Å². The molecule has 0 amide bonds. The lowest BCUT2D eigenvalue weighted by atomic mass is 9.84. The normalized spacial score (nSPS) is 20.1. The van der Waals surface area contributed by atoms with Crippen LogP contribution in [0.5, 0.6) is 0 Å². The number of rotatable bonds is 4. The molecule has 0 unspecified atom stereocenters. The van der Waals surface area contributed by atoms with Crippen molar-refractivity contribution < 1.29 is 0 Å². The highest BCUT2D eigenvalue weighted by atomic mass is 32.1. The van der Waals surface area contributed by atoms with Gasteiger partial charge in [-0.15, -0.1) is 11.3 Å². The summed E-state index contributed by atoms with van der Waals surface area (Å²) in [5.41, 5.74) is 0.476. The molecule has 0 aromatic carbocycles. The maximum atomic E-state index is 3.53. The zero-order valence-corrected chi connectivity index (χ0v) is 9.70. The molecule has 1 nitrogen and oxygen atoms in total. The highest BCUT2D eigenvalue weighted by molar-refractivity contribution is 7.10. The molecule has 0 radical (unpaired) electrons. The Bertz CT molecular complexity index is 260. The van der Waals surface area contributed by atoms with Crippen LogP contribution in [0.4, 0.5) is 0 Å². The number of hydrogen-bond donors (Lipinski definition) is 1. The Morgan fingerprint density at radius 1 is 1.43 bits per heavy atom. The second kappa shape index (κ2) is 4.45. The van der Waals surface area contributed by atoms with Crippen molar-refractivity contribution in [3.63, 3.8) is 0 Å². The summed E-state index contributed by atoms with van der Waals surface area (Å²) in [6.07, 6.45) is 5.56. The Kier molecular flexibility index (Phi) is 3.24. The topological polar surface area (TPSA) is 12.0 Å². The standard InChI is InChI=1S/C12H19NS/c1-2-13-10-12(7-3-4-8-12)11-6-5-9-14-11/h5-6,9,13H,2-4,7-8,10H2,1H3. The molecule has 0 saturated heterocycles. The number of likely N-dealkylation sites (N-methyl/N-ethyl adjacent to an activating group) is 1. The molecule has 14 heavy (non-hydrogen) atoms. The Labute approximate surface area is 90.5 Å². The molecule has 1 saturated carbocycles. The van der Waals surface area contributed by atoms with Gasteiger partial charge < -0.3 is 5.32 Å². The van der Waals surface area contributed by atoms with Crippen LogP contribution >= 0.6 is 11.3 Å². The average molecular weight is 209 g/mol. The third-order valence-electron chi connectivity index (χ3n) is 3.32. The maximum absolute atomic E-state index is 3.53. The Balaban J connectivity index is 2.14. The molecule has 1 aliphatic rings. The van der Waals surface area contributed by atoms with E-state index in [9.17, 15) is 0 Å². The molecule has 1 N–H and O–H groups in total. The third-order valence-corrected chi connectivity index (χ3v) is 4.43. The lowest BCUT2D eigenvalue weighted by Gasteiger charge is -2.28. The fraction of sp³-hybridized carbons (Fsp3) is 0.667. The average Bonchev–Trinajstić information content (AvgIpc) is 2.86. The van der Waals surface area contributed by atoms with E-state index in [1.807, 2.05) is 11.3 Å². The van der Waals surface area contributed by atoms with Crippen LogP contribution in [0, 0.1) is 0 Å². The van der Waals surface area contributed by atoms with Crippen LogP contribution in [-0.4, -0.2) is 13.1 Å². The van der Waals surface area contributed by atoms with Crippen LogP contribution < -0.4 is 5.32 Å². The van der Waals surface area contributed by atoms with Crippen molar-refractivity contribution in [3.05, 3.63) is 22.4 Å². The van der Waals surface area contributed by atoms with Gasteiger partial charge in [-0.3, -0.25) is 0 Å². The first-order valence-corrected chi connectivity index (χ1v) is 6.50. The summed E-state index contributed by atoms with van der Waals surface area (Å²) >= 11 is 1.93. The molecule has 0 bridgehead atoms. The zero-order valence-electron chi connectivity index (χ0n) is 8.88. The number of nitrogens with one attached hydrogen (secondary N) is 1. The minimum Gasteiger partial charge on any atom is -0.316 e. The van der Waals surface area contributed by atoms with Crippen LogP contribution in [0.15, 0.2) is 17.5 Å². The Hall–Kier alpha value is -0.340. The van der Waals surface area contributed by atoms with Crippen molar-refractivity contribution in [2.45, 2.75) is 38.0 Å². The molecule has 1 fully saturated rings. The first kappa shape index (κ1) is 10.2. The van der Waals surface area contributed by atoms with Gasteiger partial charge in [-0.05, 0) is 30.8 Å². The smallest absolute Gasteiger partial charge is 0.0172 e. The summed E-state index contributed by atoms with van der Waals surface area (Å²) in [5, 5.41) is 5.74. The van der Waals surface area contributed by atoms with Gasteiger partial charge in [0, 0.05) is 16.8 Å². The predicted octanol–water partition coefficient (Wildman–Crippen LogP) is 3.17. The van der Waals surface area contributed by atoms with E-state index < -0.39 is 0 Å². The number of thiophene rings is 1. The van der Waals surface area contributed by atoms with Crippen molar-refractivity contribution in [2.24, 2.45) is 0 Å². The number of hydrogen-bond acceptors (Lipinski definition) is 2. The summed E-state index contributed by atoms with van der Waals surface area (Å²) in [4.78, 5) is 1.59. The predicted molar refractivity (Wildman–Crippen MR) is 63.0 cm³/mol. The lowest BCUT2D eigenvalue weighted by Crippen LogP contribution is -2.35. The molecule has 1 aromatic rings. The largest absolute Gasteiger partial charge is 0.316 e. The van der Waals surface area contributed by atoms with Gasteiger partial charge in [0.25, 0.3) is 0 Å². The molecule has 2 rings (SSSR count). The van der Waals surface area contributed by atoms with Gasteiger partial charge in [-0.2, -0.15) is 0 Å². The third kappa shape index (κ3) is 1.86. The molecule has 1 aliphatic carbocycles. The summed E-state index contributed by atoms with van der Waals surface area (Å²) in [5.74, 6) is 0. The molecule has 1 aromatic heterocycles. The Morgan fingerprint density at radius 2 is 2.21 bits per heavy atom. The highest BCUT2D eigenvalue weighted by Gasteiger charge is 2.35. The highest BCUT2D eigenvalue weighted by Crippen LogP contribution is 2.42. The van der Waals surface area contributed by atoms with E-state index in [1.165, 1.54) is 32.2 Å². The van der Waals surface area contributed by atoms with Crippen molar-refractivity contribution in [2.75, 3.05) is 13.1 Å². The van der Waals surface area contributed by atoms with Crippen molar-refractivity contribution in [1.29, 1.82) is 0 Å². The van der Waals surface area contributed by atoms with Gasteiger partial charge >= 0.3 is 0 Å². The van der Waals surface area contributed by atoms with E-state index in [0.29, 0.717) is 5.41 Å². The van der Waals surface area contributed by atoms with Gasteiger partial charge in [-0.25, -0.2) is 0 Å². The maximum Gasteiger partial charge on any atom is 0.0172 e. The van der Waals surface area contributed by atoms with E-state index in [0.717, 1.165) is 6.54 Å². The van der Waals surface area contributed by atoms with Crippen LogP contribution in [0.3, 0.4) is 0 Å². The monoisotopic (exact) mass is 209 g/mol. The minimum atomic E-state index is 0.476. The minimum absolute atomic E-state index is 0.476. The summed E-state index contributed by atoms with van der Waals surface area (Å²) in [6.45, 7) is 4.45. The fourth-order valence-electron chi connectivity index (χ4n) is 2.51. The fourth-order valence-corrected chi connectivity index (χ4v) is 3.49. The first-order chi connectivity index (χ1) is 6.87. The molecule has 0 atom stereocenters. The van der Waals surface area contributed by atoms with Gasteiger partial charge in [0.15, 0.2) is 0 Å². The zero-order chi connectivity index (χ0) is 9.86. The molecular formula is C12H19NS. The Morgan fingerprint density at radius 3 is 2.79 bits per heavy atom. The molecule has 78 valence electrons. The quantitative estimate of drug-likeness (QED) is 0.803. The van der Waals surface area contributed by atoms with Crippen LogP contribution in [0.25, 0.3) is 0 Å². The molecule has 2 heteroatoms. The summed E-state index contributed by atoms with van der Waals surface area (Å²) in [6, 6.07) is 4.50. The van der Waals surface area contributed by atoms with E-state index in [2.05, 4.69) is 29.8 Å². The van der Waals surface area contributed by atoms with Gasteiger partial charge in [-0.1, -0.05) is 25.8 Å². The van der Waals surface area contributed by atoms with Crippen LogP contribution in [-0.2, 0) is 5.41 Å².